The molecule has 1 radical (unpaired) electrons. The van der Waals surface area contributed by atoms with Crippen LogP contribution in [-0.4, -0.2) is 16.4 Å². The van der Waals surface area contributed by atoms with E-state index in [1.807, 2.05) is 0 Å². The first-order chi connectivity index (χ1) is 19.5. The summed E-state index contributed by atoms with van der Waals surface area (Å²) in [6.07, 6.45) is 13.8. The first kappa shape index (κ1) is 44.4. The van der Waals surface area contributed by atoms with Crippen LogP contribution in [0.5, 0.6) is 0 Å². The van der Waals surface area contributed by atoms with Gasteiger partial charge in [0.1, 0.15) is 0 Å². The van der Waals surface area contributed by atoms with Crippen LogP contribution in [0.2, 0.25) is 0 Å². The number of aliphatic imine (C=N–C) groups is 2. The van der Waals surface area contributed by atoms with Gasteiger partial charge in [-0.25, -0.2) is 4.98 Å². The fourth-order valence-corrected chi connectivity index (χ4v) is 5.14. The van der Waals surface area contributed by atoms with Gasteiger partial charge >= 0.3 is 17.1 Å². The Kier molecular flexibility index (Phi) is 24.8. The molecule has 0 saturated carbocycles. The first-order valence-electron chi connectivity index (χ1n) is 15.8. The van der Waals surface area contributed by atoms with Crippen molar-refractivity contribution in [2.24, 2.45) is 9.98 Å². The van der Waals surface area contributed by atoms with Crippen LogP contribution in [0.4, 0.5) is 11.4 Å². The van der Waals surface area contributed by atoms with Crippen molar-refractivity contribution in [3.63, 3.8) is 0 Å². The van der Waals surface area contributed by atoms with Crippen LogP contribution < -0.4 is 37.2 Å². The van der Waals surface area contributed by atoms with E-state index in [1.54, 1.807) is 0 Å². The molecule has 3 aromatic rings. The summed E-state index contributed by atoms with van der Waals surface area (Å²) in [5, 5.41) is 0. The monoisotopic (exact) mass is 698 g/mol. The van der Waals surface area contributed by atoms with Crippen molar-refractivity contribution in [1.82, 2.24) is 4.98 Å². The van der Waals surface area contributed by atoms with Crippen molar-refractivity contribution in [2.45, 2.75) is 119 Å². The van der Waals surface area contributed by atoms with Gasteiger partial charge in [-0.15, -0.1) is 0 Å². The molecule has 0 spiro atoms. The van der Waals surface area contributed by atoms with Crippen LogP contribution in [0.1, 0.15) is 127 Å². The molecule has 243 valence electrons. The van der Waals surface area contributed by atoms with Crippen molar-refractivity contribution in [3.8, 4) is 0 Å². The van der Waals surface area contributed by atoms with Gasteiger partial charge in [-0.3, -0.25) is 9.98 Å². The third-order valence-electron chi connectivity index (χ3n) is 7.65. The smallest absolute Gasteiger partial charge is 1.00 e. The van der Waals surface area contributed by atoms with Crippen molar-refractivity contribution in [3.05, 3.63) is 88.2 Å². The van der Waals surface area contributed by atoms with Crippen LogP contribution in [0.25, 0.3) is 0 Å². The number of aryl methyl sites for hydroxylation is 4. The van der Waals surface area contributed by atoms with Crippen molar-refractivity contribution in [2.75, 3.05) is 0 Å². The number of unbranched alkanes of at least 4 members (excludes halogenated alkanes) is 4. The third kappa shape index (κ3) is 13.4. The summed E-state index contributed by atoms with van der Waals surface area (Å²) in [7, 11) is 0. The fraction of sp³-hybridized carbons (Fsp3) is 0.486. The van der Waals surface area contributed by atoms with Gasteiger partial charge in [0.25, 0.3) is 0 Å². The van der Waals surface area contributed by atoms with Gasteiger partial charge in [0.15, 0.2) is 0 Å². The molecule has 0 amide bonds. The Morgan fingerprint density at radius 3 is 1.05 bits per heavy atom. The van der Waals surface area contributed by atoms with E-state index in [9.17, 15) is 0 Å². The summed E-state index contributed by atoms with van der Waals surface area (Å²) in [5.41, 5.74) is 11.5. The molecular weight excluding hydrogens is 649 g/mol. The average Bonchev–Trinajstić information content (AvgIpc) is 2.98. The van der Waals surface area contributed by atoms with Crippen LogP contribution in [0.3, 0.4) is 0 Å². The zero-order valence-corrected chi connectivity index (χ0v) is 30.9. The van der Waals surface area contributed by atoms with Crippen molar-refractivity contribution in [1.29, 1.82) is 0 Å². The fourth-order valence-electron chi connectivity index (χ4n) is 5.14. The van der Waals surface area contributed by atoms with E-state index in [-0.39, 0.29) is 54.3 Å². The van der Waals surface area contributed by atoms with Gasteiger partial charge in [0.05, 0.1) is 34.2 Å². The molecule has 2 aromatic carbocycles. The number of pyridine rings is 1. The zero-order valence-electron chi connectivity index (χ0n) is 27.5. The molecule has 7 heteroatoms. The summed E-state index contributed by atoms with van der Waals surface area (Å²) in [5.74, 6) is 0. The largest absolute Gasteiger partial charge is 3.00 e. The van der Waals surface area contributed by atoms with Gasteiger partial charge < -0.3 is 37.2 Å². The molecular formula is C37H51Cl3FeN3. The molecule has 0 atom stereocenters. The average molecular weight is 700 g/mol. The first-order valence-corrected chi connectivity index (χ1v) is 15.8. The number of rotatable bonds is 16. The predicted octanol–water partition coefficient (Wildman–Crippen LogP) is 1.74. The standard InChI is InChI=1S/C37H51N3.3ClH.Fe/c1-7-11-18-30-22-15-23-31(19-12-8-2)36(30)38-28(5)34-26-17-27-35(40-34)29(6)39-37-32(20-13-9-3)24-16-25-33(37)21-14-10-4;;;;/h15-17,22-27H,7-14,18-21H2,1-6H3;3*1H;/q;;;;+3/p-3. The Bertz CT molecular complexity index is 1140. The maximum absolute atomic E-state index is 5.23. The van der Waals surface area contributed by atoms with E-state index >= 15 is 0 Å². The second-order valence-electron chi connectivity index (χ2n) is 11.1. The Morgan fingerprint density at radius 1 is 0.500 bits per heavy atom. The second-order valence-corrected chi connectivity index (χ2v) is 11.1. The van der Waals surface area contributed by atoms with Crippen LogP contribution in [-0.2, 0) is 42.8 Å². The van der Waals surface area contributed by atoms with Gasteiger partial charge in [-0.05, 0) is 99.6 Å². The molecule has 44 heavy (non-hydrogen) atoms. The SMILES string of the molecule is CCCCc1cccc(CCCC)c1N=C(C)c1cccc(C(C)=Nc2c(CCCC)cccc2CCCC)n1.[Cl-].[Cl-].[Cl-].[Fe+3]. The number of halogens is 3. The zero-order chi connectivity index (χ0) is 28.7. The molecule has 3 rings (SSSR count). The number of aromatic nitrogens is 1. The minimum absolute atomic E-state index is 0. The van der Waals surface area contributed by atoms with Crippen molar-refractivity contribution < 1.29 is 54.3 Å². The van der Waals surface area contributed by atoms with Gasteiger partial charge in [-0.1, -0.05) is 95.8 Å². The maximum Gasteiger partial charge on any atom is 3.00 e. The van der Waals surface area contributed by atoms with Gasteiger partial charge in [0.2, 0.25) is 0 Å². The Labute approximate surface area is 297 Å². The quantitative estimate of drug-likeness (QED) is 0.166. The molecule has 1 aromatic heterocycles. The number of nitrogens with zero attached hydrogens (tertiary/aromatic N) is 3. The van der Waals surface area contributed by atoms with E-state index in [0.29, 0.717) is 0 Å². The Morgan fingerprint density at radius 2 is 0.773 bits per heavy atom. The van der Waals surface area contributed by atoms with E-state index < -0.39 is 0 Å². The van der Waals surface area contributed by atoms with Crippen LogP contribution >= 0.6 is 0 Å². The van der Waals surface area contributed by atoms with Gasteiger partial charge in [0, 0.05) is 0 Å². The summed E-state index contributed by atoms with van der Waals surface area (Å²) in [4.78, 5) is 15.5. The Balaban J connectivity index is 0. The van der Waals surface area contributed by atoms with E-state index in [4.69, 9.17) is 15.0 Å². The molecule has 1 heterocycles. The molecule has 0 aliphatic carbocycles. The molecule has 0 aliphatic heterocycles. The minimum atomic E-state index is 0. The molecule has 3 nitrogen and oxygen atoms in total. The molecule has 0 unspecified atom stereocenters. The number of para-hydroxylation sites is 2. The normalized spacial score (nSPS) is 11.1. The van der Waals surface area contributed by atoms with Gasteiger partial charge in [-0.2, -0.15) is 0 Å². The summed E-state index contributed by atoms with van der Waals surface area (Å²) in [6, 6.07) is 19.7. The third-order valence-corrected chi connectivity index (χ3v) is 7.65. The topological polar surface area (TPSA) is 37.6 Å². The minimum Gasteiger partial charge on any atom is -1.00 e. The molecule has 0 bridgehead atoms. The summed E-state index contributed by atoms with van der Waals surface area (Å²) in [6.45, 7) is 13.2. The number of hydrogen-bond donors (Lipinski definition) is 0. The Hall–Kier alpha value is -1.68. The molecule has 0 aliphatic rings. The second kappa shape index (κ2) is 24.5. The predicted molar refractivity (Wildman–Crippen MR) is 175 cm³/mol. The number of benzene rings is 2. The molecule has 0 saturated heterocycles. The van der Waals surface area contributed by atoms with Crippen LogP contribution in [0, 0.1) is 0 Å². The van der Waals surface area contributed by atoms with E-state index in [1.165, 1.54) is 73.6 Å². The van der Waals surface area contributed by atoms with Crippen molar-refractivity contribution >= 4 is 22.8 Å². The number of hydrogen-bond acceptors (Lipinski definition) is 3. The van der Waals surface area contributed by atoms with E-state index in [0.717, 1.165) is 59.9 Å². The van der Waals surface area contributed by atoms with Crippen LogP contribution in [0.15, 0.2) is 64.6 Å². The molecule has 0 fully saturated rings. The summed E-state index contributed by atoms with van der Waals surface area (Å²) < 4.78 is 0. The van der Waals surface area contributed by atoms with E-state index in [2.05, 4.69) is 96.1 Å². The molecule has 0 N–H and O–H groups in total. The summed E-state index contributed by atoms with van der Waals surface area (Å²) >= 11 is 0. The maximum atomic E-state index is 5.23.